The van der Waals surface area contributed by atoms with Crippen molar-refractivity contribution >= 4 is 0 Å². The number of aliphatic hydroxyl groups is 1. The van der Waals surface area contributed by atoms with E-state index in [9.17, 15) is 5.11 Å². The predicted molar refractivity (Wildman–Crippen MR) is 62.0 cm³/mol. The van der Waals surface area contributed by atoms with Crippen LogP contribution in [0, 0.1) is 5.41 Å². The fourth-order valence-corrected chi connectivity index (χ4v) is 1.99. The molecule has 1 aliphatic rings. The topological polar surface area (TPSA) is 38.7 Å². The van der Waals surface area contributed by atoms with Gasteiger partial charge in [0.15, 0.2) is 0 Å². The molecule has 0 atom stereocenters. The lowest BCUT2D eigenvalue weighted by atomic mass is 9.96. The maximum Gasteiger partial charge on any atom is 0.122 e. The minimum absolute atomic E-state index is 0.0969. The van der Waals surface area contributed by atoms with Crippen LogP contribution < -0.4 is 9.47 Å². The summed E-state index contributed by atoms with van der Waals surface area (Å²) in [5, 5.41) is 9.34. The molecule has 16 heavy (non-hydrogen) atoms. The lowest BCUT2D eigenvalue weighted by molar-refractivity contribution is 0.210. The van der Waals surface area contributed by atoms with E-state index in [0.717, 1.165) is 36.3 Å². The van der Waals surface area contributed by atoms with Gasteiger partial charge in [0.25, 0.3) is 0 Å². The van der Waals surface area contributed by atoms with E-state index in [-0.39, 0.29) is 12.0 Å². The first-order chi connectivity index (χ1) is 7.73. The summed E-state index contributed by atoms with van der Waals surface area (Å²) in [6.45, 7) is 0.257. The molecule has 1 aromatic carbocycles. The second-order valence-corrected chi connectivity index (χ2v) is 4.51. The summed E-state index contributed by atoms with van der Waals surface area (Å²) in [5.41, 5.74) is 1.22. The third-order valence-corrected chi connectivity index (χ3v) is 3.35. The average Bonchev–Trinajstić information content (AvgIpc) is 3.09. The van der Waals surface area contributed by atoms with E-state index in [1.54, 1.807) is 14.2 Å². The largest absolute Gasteiger partial charge is 0.497 e. The highest BCUT2D eigenvalue weighted by atomic mass is 16.5. The van der Waals surface area contributed by atoms with Gasteiger partial charge in [-0.15, -0.1) is 0 Å². The number of methoxy groups -OCH3 is 2. The molecular formula is C13H18O3. The number of rotatable bonds is 5. The van der Waals surface area contributed by atoms with Crippen LogP contribution in [0.2, 0.25) is 0 Å². The monoisotopic (exact) mass is 222 g/mol. The minimum atomic E-state index is 0.0969. The van der Waals surface area contributed by atoms with Gasteiger partial charge in [-0.25, -0.2) is 0 Å². The van der Waals surface area contributed by atoms with Gasteiger partial charge in [-0.2, -0.15) is 0 Å². The van der Waals surface area contributed by atoms with Crippen molar-refractivity contribution in [3.8, 4) is 11.5 Å². The molecule has 0 radical (unpaired) electrons. The zero-order valence-electron chi connectivity index (χ0n) is 9.82. The molecule has 1 fully saturated rings. The maximum absolute atomic E-state index is 9.34. The Morgan fingerprint density at radius 2 is 2.00 bits per heavy atom. The number of hydrogen-bond acceptors (Lipinski definition) is 3. The molecule has 0 aromatic heterocycles. The van der Waals surface area contributed by atoms with Gasteiger partial charge in [0.2, 0.25) is 0 Å². The van der Waals surface area contributed by atoms with E-state index in [0.29, 0.717) is 0 Å². The second kappa shape index (κ2) is 4.34. The first kappa shape index (κ1) is 11.3. The summed E-state index contributed by atoms with van der Waals surface area (Å²) in [7, 11) is 3.33. The summed E-state index contributed by atoms with van der Waals surface area (Å²) in [5.74, 6) is 1.71. The van der Waals surface area contributed by atoms with Crippen molar-refractivity contribution in [1.82, 2.24) is 0 Å². The van der Waals surface area contributed by atoms with E-state index in [1.807, 2.05) is 18.2 Å². The number of hydrogen-bond donors (Lipinski definition) is 1. The zero-order chi connectivity index (χ0) is 11.6. The molecule has 2 rings (SSSR count). The van der Waals surface area contributed by atoms with Gasteiger partial charge in [-0.05, 0) is 48.4 Å². The van der Waals surface area contributed by atoms with Gasteiger partial charge in [0, 0.05) is 6.61 Å². The molecule has 0 heterocycles. The zero-order valence-corrected chi connectivity index (χ0v) is 9.82. The van der Waals surface area contributed by atoms with E-state index in [1.165, 1.54) is 0 Å². The number of ether oxygens (including phenoxy) is 2. The Balaban J connectivity index is 2.23. The van der Waals surface area contributed by atoms with Crippen LogP contribution in [0.15, 0.2) is 18.2 Å². The fourth-order valence-electron chi connectivity index (χ4n) is 1.99. The van der Waals surface area contributed by atoms with E-state index < -0.39 is 0 Å². The van der Waals surface area contributed by atoms with Crippen LogP contribution in [0.3, 0.4) is 0 Å². The average molecular weight is 222 g/mol. The first-order valence-electron chi connectivity index (χ1n) is 5.55. The molecule has 0 saturated heterocycles. The van der Waals surface area contributed by atoms with E-state index >= 15 is 0 Å². The van der Waals surface area contributed by atoms with Gasteiger partial charge < -0.3 is 14.6 Å². The van der Waals surface area contributed by atoms with Crippen LogP contribution in [0.25, 0.3) is 0 Å². The third kappa shape index (κ3) is 2.14. The first-order valence-corrected chi connectivity index (χ1v) is 5.55. The van der Waals surface area contributed by atoms with Crippen LogP contribution in [0.1, 0.15) is 18.4 Å². The Morgan fingerprint density at radius 1 is 1.25 bits per heavy atom. The Kier molecular flexibility index (Phi) is 3.06. The Bertz CT molecular complexity index is 369. The quantitative estimate of drug-likeness (QED) is 0.828. The summed E-state index contributed by atoms with van der Waals surface area (Å²) in [6, 6.07) is 5.80. The van der Waals surface area contributed by atoms with Gasteiger partial charge in [-0.1, -0.05) is 0 Å². The van der Waals surface area contributed by atoms with Gasteiger partial charge in [-0.3, -0.25) is 0 Å². The SMILES string of the molecule is COc1ccc(OC)c(CC2(CO)CC2)c1. The molecule has 88 valence electrons. The van der Waals surface area contributed by atoms with Gasteiger partial charge >= 0.3 is 0 Å². The van der Waals surface area contributed by atoms with Crippen molar-refractivity contribution in [3.05, 3.63) is 23.8 Å². The van der Waals surface area contributed by atoms with Crippen LogP contribution in [0.5, 0.6) is 11.5 Å². The van der Waals surface area contributed by atoms with Crippen molar-refractivity contribution < 1.29 is 14.6 Å². The van der Waals surface area contributed by atoms with Crippen LogP contribution in [0.4, 0.5) is 0 Å². The van der Waals surface area contributed by atoms with Crippen LogP contribution in [-0.4, -0.2) is 25.9 Å². The van der Waals surface area contributed by atoms with Crippen molar-refractivity contribution in [2.75, 3.05) is 20.8 Å². The standard InChI is InChI=1S/C13H18O3/c1-15-11-3-4-12(16-2)10(7-11)8-13(9-14)5-6-13/h3-4,7,14H,5-6,8-9H2,1-2H3. The number of benzene rings is 1. The Hall–Kier alpha value is -1.22. The maximum atomic E-state index is 9.34. The lowest BCUT2D eigenvalue weighted by Crippen LogP contribution is -2.11. The minimum Gasteiger partial charge on any atom is -0.497 e. The molecule has 0 aliphatic heterocycles. The summed E-state index contributed by atoms with van der Waals surface area (Å²) < 4.78 is 10.5. The van der Waals surface area contributed by atoms with E-state index in [2.05, 4.69) is 0 Å². The predicted octanol–water partition coefficient (Wildman–Crippen LogP) is 2.02. The molecule has 0 amide bonds. The molecule has 0 unspecified atom stereocenters. The summed E-state index contributed by atoms with van der Waals surface area (Å²) >= 11 is 0. The van der Waals surface area contributed by atoms with Crippen molar-refractivity contribution in [3.63, 3.8) is 0 Å². The second-order valence-electron chi connectivity index (χ2n) is 4.51. The lowest BCUT2D eigenvalue weighted by Gasteiger charge is -2.15. The fraction of sp³-hybridized carbons (Fsp3) is 0.538. The highest BCUT2D eigenvalue weighted by Gasteiger charge is 2.42. The molecule has 0 spiro atoms. The van der Waals surface area contributed by atoms with Gasteiger partial charge in [0.05, 0.1) is 14.2 Å². The van der Waals surface area contributed by atoms with Crippen molar-refractivity contribution in [2.45, 2.75) is 19.3 Å². The molecule has 1 N–H and O–H groups in total. The molecule has 1 saturated carbocycles. The van der Waals surface area contributed by atoms with Crippen LogP contribution in [-0.2, 0) is 6.42 Å². The normalized spacial score (nSPS) is 16.9. The van der Waals surface area contributed by atoms with E-state index in [4.69, 9.17) is 9.47 Å². The third-order valence-electron chi connectivity index (χ3n) is 3.35. The molecule has 3 nitrogen and oxygen atoms in total. The van der Waals surface area contributed by atoms with Crippen molar-refractivity contribution in [2.24, 2.45) is 5.41 Å². The summed E-state index contributed by atoms with van der Waals surface area (Å²) in [6.07, 6.45) is 3.07. The van der Waals surface area contributed by atoms with Crippen molar-refractivity contribution in [1.29, 1.82) is 0 Å². The number of aliphatic hydroxyl groups excluding tert-OH is 1. The summed E-state index contributed by atoms with van der Waals surface area (Å²) in [4.78, 5) is 0. The van der Waals surface area contributed by atoms with Gasteiger partial charge in [0.1, 0.15) is 11.5 Å². The smallest absolute Gasteiger partial charge is 0.122 e. The molecular weight excluding hydrogens is 204 g/mol. The molecule has 0 bridgehead atoms. The Morgan fingerprint density at radius 3 is 2.50 bits per heavy atom. The highest BCUT2D eigenvalue weighted by molar-refractivity contribution is 5.41. The molecule has 3 heteroatoms. The van der Waals surface area contributed by atoms with Crippen LogP contribution >= 0.6 is 0 Å². The Labute approximate surface area is 96.0 Å². The molecule has 1 aromatic rings. The molecule has 1 aliphatic carbocycles. The highest BCUT2D eigenvalue weighted by Crippen LogP contribution is 2.49.